The van der Waals surface area contributed by atoms with E-state index in [0.717, 1.165) is 5.92 Å². The first kappa shape index (κ1) is 11.2. The summed E-state index contributed by atoms with van der Waals surface area (Å²) in [7, 11) is 0. The molecule has 2 aliphatic rings. The Kier molecular flexibility index (Phi) is 2.93. The lowest BCUT2D eigenvalue weighted by atomic mass is 9.71. The van der Waals surface area contributed by atoms with Crippen LogP contribution < -0.4 is 11.3 Å². The molecule has 3 N–H and O–H groups in total. The third kappa shape index (κ3) is 1.90. The largest absolute Gasteiger partial charge is 0.271 e. The van der Waals surface area contributed by atoms with Crippen molar-refractivity contribution >= 4 is 0 Å². The Hall–Kier alpha value is -0.860. The van der Waals surface area contributed by atoms with E-state index < -0.39 is 0 Å². The molecule has 0 spiro atoms. The number of hydrogen-bond acceptors (Lipinski definition) is 2. The van der Waals surface area contributed by atoms with Gasteiger partial charge in [-0.05, 0) is 37.2 Å². The molecule has 2 nitrogen and oxygen atoms in total. The highest BCUT2D eigenvalue weighted by molar-refractivity contribution is 5.30. The van der Waals surface area contributed by atoms with Gasteiger partial charge in [-0.2, -0.15) is 0 Å². The van der Waals surface area contributed by atoms with Gasteiger partial charge < -0.3 is 0 Å². The van der Waals surface area contributed by atoms with Crippen LogP contribution in [0.5, 0.6) is 0 Å². The van der Waals surface area contributed by atoms with E-state index in [1.165, 1.54) is 44.1 Å². The second-order valence-electron chi connectivity index (χ2n) is 5.71. The molecule has 2 aliphatic carbocycles. The average Bonchev–Trinajstić information content (AvgIpc) is 3.08. The minimum absolute atomic E-state index is 0.303. The number of hydrogen-bond donors (Lipinski definition) is 2. The molecule has 0 amide bonds. The zero-order valence-electron chi connectivity index (χ0n) is 10.4. The number of rotatable bonds is 4. The van der Waals surface area contributed by atoms with Crippen molar-refractivity contribution in [2.24, 2.45) is 11.8 Å². The number of nitrogens with one attached hydrogen (secondary N) is 1. The van der Waals surface area contributed by atoms with E-state index in [1.54, 1.807) is 0 Å². The Morgan fingerprint density at radius 1 is 1.12 bits per heavy atom. The lowest BCUT2D eigenvalue weighted by Gasteiger charge is -2.38. The van der Waals surface area contributed by atoms with E-state index in [0.29, 0.717) is 11.5 Å². The molecule has 2 fully saturated rings. The van der Waals surface area contributed by atoms with Crippen LogP contribution in [-0.4, -0.2) is 6.04 Å². The van der Waals surface area contributed by atoms with Gasteiger partial charge in [0.05, 0.1) is 0 Å². The number of hydrazine groups is 1. The molecule has 92 valence electrons. The summed E-state index contributed by atoms with van der Waals surface area (Å²) in [5, 5.41) is 0. The fourth-order valence-corrected chi connectivity index (χ4v) is 3.73. The van der Waals surface area contributed by atoms with Gasteiger partial charge in [0.2, 0.25) is 0 Å². The van der Waals surface area contributed by atoms with Crippen molar-refractivity contribution in [2.75, 3.05) is 0 Å². The van der Waals surface area contributed by atoms with Crippen LogP contribution in [0.4, 0.5) is 0 Å². The summed E-state index contributed by atoms with van der Waals surface area (Å²) < 4.78 is 0. The summed E-state index contributed by atoms with van der Waals surface area (Å²) in [5.41, 5.74) is 4.94. The number of benzene rings is 1. The summed E-state index contributed by atoms with van der Waals surface area (Å²) >= 11 is 0. The Balaban J connectivity index is 1.97. The molecule has 0 aromatic heterocycles. The van der Waals surface area contributed by atoms with Crippen LogP contribution in [0.15, 0.2) is 30.3 Å². The van der Waals surface area contributed by atoms with Crippen LogP contribution in [0.3, 0.4) is 0 Å². The van der Waals surface area contributed by atoms with Crippen molar-refractivity contribution in [2.45, 2.75) is 50.0 Å². The van der Waals surface area contributed by atoms with Gasteiger partial charge in [0.15, 0.2) is 0 Å². The molecule has 0 aliphatic heterocycles. The monoisotopic (exact) mass is 230 g/mol. The molecule has 0 bridgehead atoms. The predicted octanol–water partition coefficient (Wildman–Crippen LogP) is 2.74. The first-order valence-corrected chi connectivity index (χ1v) is 6.88. The summed E-state index contributed by atoms with van der Waals surface area (Å²) in [5.74, 6) is 6.67. The highest BCUT2D eigenvalue weighted by atomic mass is 15.2. The van der Waals surface area contributed by atoms with Gasteiger partial charge in [0.25, 0.3) is 0 Å². The normalized spacial score (nSPS) is 24.8. The first-order valence-electron chi connectivity index (χ1n) is 6.88. The predicted molar refractivity (Wildman–Crippen MR) is 70.4 cm³/mol. The van der Waals surface area contributed by atoms with Crippen molar-refractivity contribution < 1.29 is 0 Å². The molecular weight excluding hydrogens is 208 g/mol. The molecule has 17 heavy (non-hydrogen) atoms. The Morgan fingerprint density at radius 2 is 1.76 bits per heavy atom. The fraction of sp³-hybridized carbons (Fsp3) is 0.600. The zero-order chi connectivity index (χ0) is 11.7. The Bertz CT molecular complexity index is 364. The molecule has 1 unspecified atom stereocenters. The molecule has 1 aromatic rings. The van der Waals surface area contributed by atoms with E-state index in [-0.39, 0.29) is 0 Å². The van der Waals surface area contributed by atoms with Crippen LogP contribution in [0.2, 0.25) is 0 Å². The minimum atomic E-state index is 0.303. The van der Waals surface area contributed by atoms with Crippen molar-refractivity contribution in [3.8, 4) is 0 Å². The smallest absolute Gasteiger partial charge is 0.0335 e. The van der Waals surface area contributed by atoms with Crippen LogP contribution in [-0.2, 0) is 5.41 Å². The van der Waals surface area contributed by atoms with Crippen molar-refractivity contribution in [1.29, 1.82) is 0 Å². The molecule has 0 radical (unpaired) electrons. The SMILES string of the molecule is NNC(C1CC1)C1(c2ccccc2)CCCC1. The first-order chi connectivity index (χ1) is 8.37. The summed E-state index contributed by atoms with van der Waals surface area (Å²) in [6, 6.07) is 11.5. The minimum Gasteiger partial charge on any atom is -0.271 e. The van der Waals surface area contributed by atoms with Gasteiger partial charge >= 0.3 is 0 Å². The second-order valence-corrected chi connectivity index (χ2v) is 5.71. The van der Waals surface area contributed by atoms with Gasteiger partial charge in [-0.1, -0.05) is 43.2 Å². The second kappa shape index (κ2) is 4.43. The highest BCUT2D eigenvalue weighted by Gasteiger charge is 2.48. The van der Waals surface area contributed by atoms with Gasteiger partial charge in [-0.3, -0.25) is 11.3 Å². The van der Waals surface area contributed by atoms with Crippen molar-refractivity contribution in [3.63, 3.8) is 0 Å². The Labute approximate surface area is 104 Å². The molecule has 3 rings (SSSR count). The summed E-state index contributed by atoms with van der Waals surface area (Å²) in [6.45, 7) is 0. The third-order valence-corrected chi connectivity index (χ3v) is 4.71. The van der Waals surface area contributed by atoms with Crippen LogP contribution >= 0.6 is 0 Å². The third-order valence-electron chi connectivity index (χ3n) is 4.71. The molecular formula is C15H22N2. The maximum atomic E-state index is 5.87. The quantitative estimate of drug-likeness (QED) is 0.616. The number of nitrogens with two attached hydrogens (primary N) is 1. The van der Waals surface area contributed by atoms with E-state index in [2.05, 4.69) is 35.8 Å². The van der Waals surface area contributed by atoms with Crippen molar-refractivity contribution in [3.05, 3.63) is 35.9 Å². The van der Waals surface area contributed by atoms with Crippen LogP contribution in [0.1, 0.15) is 44.1 Å². The molecule has 2 heteroatoms. The molecule has 1 atom stereocenters. The van der Waals surface area contributed by atoms with Gasteiger partial charge in [-0.15, -0.1) is 0 Å². The van der Waals surface area contributed by atoms with Crippen LogP contribution in [0, 0.1) is 5.92 Å². The molecule has 2 saturated carbocycles. The van der Waals surface area contributed by atoms with E-state index in [1.807, 2.05) is 0 Å². The van der Waals surface area contributed by atoms with Gasteiger partial charge in [0, 0.05) is 11.5 Å². The lowest BCUT2D eigenvalue weighted by Crippen LogP contribution is -2.51. The summed E-state index contributed by atoms with van der Waals surface area (Å²) in [4.78, 5) is 0. The Morgan fingerprint density at radius 3 is 2.29 bits per heavy atom. The molecule has 1 aromatic carbocycles. The van der Waals surface area contributed by atoms with Gasteiger partial charge in [0.1, 0.15) is 0 Å². The average molecular weight is 230 g/mol. The van der Waals surface area contributed by atoms with Gasteiger partial charge in [-0.25, -0.2) is 0 Å². The topological polar surface area (TPSA) is 38.0 Å². The maximum Gasteiger partial charge on any atom is 0.0335 e. The maximum absolute atomic E-state index is 5.87. The lowest BCUT2D eigenvalue weighted by molar-refractivity contribution is 0.270. The molecule has 0 heterocycles. The van der Waals surface area contributed by atoms with Crippen molar-refractivity contribution in [1.82, 2.24) is 5.43 Å². The summed E-state index contributed by atoms with van der Waals surface area (Å²) in [6.07, 6.45) is 7.98. The fourth-order valence-electron chi connectivity index (χ4n) is 3.73. The standard InChI is InChI=1S/C15H22N2/c16-17-14(12-8-9-12)15(10-4-5-11-15)13-6-2-1-3-7-13/h1-3,6-7,12,14,17H,4-5,8-11,16H2. The van der Waals surface area contributed by atoms with E-state index >= 15 is 0 Å². The van der Waals surface area contributed by atoms with E-state index in [9.17, 15) is 0 Å². The molecule has 0 saturated heterocycles. The highest BCUT2D eigenvalue weighted by Crippen LogP contribution is 2.50. The van der Waals surface area contributed by atoms with Crippen LogP contribution in [0.25, 0.3) is 0 Å². The zero-order valence-corrected chi connectivity index (χ0v) is 10.4. The van der Waals surface area contributed by atoms with E-state index in [4.69, 9.17) is 5.84 Å².